The molecule has 2 aromatic carbocycles. The standard InChI is InChI=1S/C26H30N2O3/c1-26(2)12-4-5-20-7-6-18(15-23(20)26)17-31-21-10-8-19(9-11-21)22(16-24(29)30)25-27-13-14-28(25)3/h6-11,13-15,22H,4-5,12,16-17H2,1-3H3,(H,29,30). The molecule has 1 atom stereocenters. The zero-order valence-corrected chi connectivity index (χ0v) is 18.5. The first kappa shape index (κ1) is 21.2. The normalized spacial score (nSPS) is 15.8. The molecule has 0 bridgehead atoms. The zero-order valence-electron chi connectivity index (χ0n) is 18.5. The fourth-order valence-corrected chi connectivity index (χ4v) is 4.63. The molecule has 0 saturated carbocycles. The van der Waals surface area contributed by atoms with Crippen molar-refractivity contribution in [2.24, 2.45) is 7.05 Å². The highest BCUT2D eigenvalue weighted by Gasteiger charge is 2.27. The summed E-state index contributed by atoms with van der Waals surface area (Å²) in [6.07, 6.45) is 7.16. The van der Waals surface area contributed by atoms with Crippen molar-refractivity contribution in [2.45, 2.75) is 57.5 Å². The fourth-order valence-electron chi connectivity index (χ4n) is 4.63. The van der Waals surface area contributed by atoms with Gasteiger partial charge in [0.1, 0.15) is 18.2 Å². The molecule has 5 nitrogen and oxygen atoms in total. The third kappa shape index (κ3) is 4.66. The van der Waals surface area contributed by atoms with E-state index in [0.717, 1.165) is 23.6 Å². The predicted molar refractivity (Wildman–Crippen MR) is 120 cm³/mol. The zero-order chi connectivity index (χ0) is 22.0. The van der Waals surface area contributed by atoms with Gasteiger partial charge in [-0.15, -0.1) is 0 Å². The van der Waals surface area contributed by atoms with Crippen molar-refractivity contribution in [1.82, 2.24) is 9.55 Å². The van der Waals surface area contributed by atoms with Gasteiger partial charge in [-0.1, -0.05) is 44.2 Å². The highest BCUT2D eigenvalue weighted by Crippen LogP contribution is 2.37. The van der Waals surface area contributed by atoms with Gasteiger partial charge in [-0.2, -0.15) is 0 Å². The Hall–Kier alpha value is -3.08. The first-order valence-corrected chi connectivity index (χ1v) is 10.9. The van der Waals surface area contributed by atoms with Crippen LogP contribution in [0.15, 0.2) is 54.9 Å². The number of hydrogen-bond acceptors (Lipinski definition) is 3. The molecule has 0 saturated heterocycles. The maximum Gasteiger partial charge on any atom is 0.304 e. The van der Waals surface area contributed by atoms with E-state index < -0.39 is 5.97 Å². The summed E-state index contributed by atoms with van der Waals surface area (Å²) in [4.78, 5) is 15.8. The second kappa shape index (κ2) is 8.58. The third-order valence-electron chi connectivity index (χ3n) is 6.39. The molecule has 0 aliphatic heterocycles. The molecule has 1 unspecified atom stereocenters. The average molecular weight is 419 g/mol. The highest BCUT2D eigenvalue weighted by atomic mass is 16.5. The number of hydrogen-bond donors (Lipinski definition) is 1. The molecule has 0 spiro atoms. The summed E-state index contributed by atoms with van der Waals surface area (Å²) in [6, 6.07) is 14.4. The van der Waals surface area contributed by atoms with Crippen LogP contribution >= 0.6 is 0 Å². The molecule has 1 heterocycles. The Balaban J connectivity index is 1.48. The predicted octanol–water partition coefficient (Wildman–Crippen LogP) is 5.22. The van der Waals surface area contributed by atoms with Gasteiger partial charge in [-0.25, -0.2) is 4.98 Å². The molecular formula is C26H30N2O3. The first-order chi connectivity index (χ1) is 14.8. The minimum absolute atomic E-state index is 0.00400. The lowest BCUT2D eigenvalue weighted by molar-refractivity contribution is -0.137. The van der Waals surface area contributed by atoms with Crippen molar-refractivity contribution >= 4 is 5.97 Å². The van der Waals surface area contributed by atoms with Crippen molar-refractivity contribution in [3.8, 4) is 5.75 Å². The molecule has 1 aromatic heterocycles. The van der Waals surface area contributed by atoms with E-state index in [1.54, 1.807) is 6.20 Å². The Morgan fingerprint density at radius 1 is 1.23 bits per heavy atom. The van der Waals surface area contributed by atoms with Crippen molar-refractivity contribution in [1.29, 1.82) is 0 Å². The largest absolute Gasteiger partial charge is 0.489 e. The topological polar surface area (TPSA) is 64.4 Å². The van der Waals surface area contributed by atoms with Crippen molar-refractivity contribution in [2.75, 3.05) is 0 Å². The lowest BCUT2D eigenvalue weighted by atomic mass is 9.72. The van der Waals surface area contributed by atoms with Crippen LogP contribution < -0.4 is 4.74 Å². The number of benzene rings is 2. The summed E-state index contributed by atoms with van der Waals surface area (Å²) in [5.41, 5.74) is 5.22. The minimum atomic E-state index is -0.844. The van der Waals surface area contributed by atoms with E-state index in [4.69, 9.17) is 4.74 Å². The van der Waals surface area contributed by atoms with Crippen LogP contribution in [0.1, 0.15) is 67.1 Å². The molecule has 3 aromatic rings. The molecule has 0 fully saturated rings. The molecule has 0 amide bonds. The van der Waals surface area contributed by atoms with Crippen LogP contribution in [0.25, 0.3) is 0 Å². The summed E-state index contributed by atoms with van der Waals surface area (Å²) < 4.78 is 7.91. The molecule has 162 valence electrons. The summed E-state index contributed by atoms with van der Waals surface area (Å²) in [5.74, 6) is 0.375. The number of imidazole rings is 1. The van der Waals surface area contributed by atoms with Gasteiger partial charge in [0, 0.05) is 19.4 Å². The second-order valence-corrected chi connectivity index (χ2v) is 9.13. The van der Waals surface area contributed by atoms with Crippen LogP contribution in [-0.4, -0.2) is 20.6 Å². The van der Waals surface area contributed by atoms with Crippen LogP contribution in [0.4, 0.5) is 0 Å². The molecule has 0 radical (unpaired) electrons. The van der Waals surface area contributed by atoms with Gasteiger partial charge >= 0.3 is 5.97 Å². The van der Waals surface area contributed by atoms with E-state index in [1.165, 1.54) is 29.5 Å². The smallest absolute Gasteiger partial charge is 0.304 e. The number of ether oxygens (including phenoxy) is 1. The molecule has 4 rings (SSSR count). The van der Waals surface area contributed by atoms with Crippen LogP contribution in [0.2, 0.25) is 0 Å². The second-order valence-electron chi connectivity index (χ2n) is 9.13. The van der Waals surface area contributed by atoms with Gasteiger partial charge in [0.25, 0.3) is 0 Å². The van der Waals surface area contributed by atoms with Crippen molar-refractivity contribution in [3.63, 3.8) is 0 Å². The van der Waals surface area contributed by atoms with Gasteiger partial charge in [0.2, 0.25) is 0 Å². The third-order valence-corrected chi connectivity index (χ3v) is 6.39. The molecule has 1 aliphatic rings. The first-order valence-electron chi connectivity index (χ1n) is 10.9. The average Bonchev–Trinajstić information content (AvgIpc) is 3.16. The monoisotopic (exact) mass is 418 g/mol. The van der Waals surface area contributed by atoms with Gasteiger partial charge < -0.3 is 14.4 Å². The van der Waals surface area contributed by atoms with Crippen LogP contribution in [0, 0.1) is 0 Å². The van der Waals surface area contributed by atoms with E-state index in [1.807, 2.05) is 42.1 Å². The number of carboxylic acids is 1. The number of carboxylic acid groups (broad SMARTS) is 1. The number of nitrogens with zero attached hydrogens (tertiary/aromatic N) is 2. The van der Waals surface area contributed by atoms with Gasteiger partial charge in [-0.3, -0.25) is 4.79 Å². The van der Waals surface area contributed by atoms with Gasteiger partial charge in [0.15, 0.2) is 0 Å². The number of carbonyl (C=O) groups is 1. The number of aromatic nitrogens is 2. The van der Waals surface area contributed by atoms with Crippen molar-refractivity contribution in [3.05, 3.63) is 82.9 Å². The quantitative estimate of drug-likeness (QED) is 0.571. The van der Waals surface area contributed by atoms with Crippen LogP contribution in [0.5, 0.6) is 5.75 Å². The number of aryl methyl sites for hydroxylation is 2. The van der Waals surface area contributed by atoms with Crippen LogP contribution in [-0.2, 0) is 30.3 Å². The van der Waals surface area contributed by atoms with Crippen LogP contribution in [0.3, 0.4) is 0 Å². The Kier molecular flexibility index (Phi) is 5.86. The summed E-state index contributed by atoms with van der Waals surface area (Å²) >= 11 is 0. The van der Waals surface area contributed by atoms with Gasteiger partial charge in [0.05, 0.1) is 12.3 Å². The van der Waals surface area contributed by atoms with E-state index in [9.17, 15) is 9.90 Å². The molecule has 5 heteroatoms. The van der Waals surface area contributed by atoms with E-state index in [-0.39, 0.29) is 17.8 Å². The number of rotatable bonds is 7. The maximum absolute atomic E-state index is 11.4. The molecule has 1 N–H and O–H groups in total. The number of aliphatic carboxylic acids is 1. The Bertz CT molecular complexity index is 1070. The summed E-state index contributed by atoms with van der Waals surface area (Å²) in [6.45, 7) is 5.16. The van der Waals surface area contributed by atoms with Gasteiger partial charge in [-0.05, 0) is 59.1 Å². The fraction of sp³-hybridized carbons (Fsp3) is 0.385. The Morgan fingerprint density at radius 3 is 2.68 bits per heavy atom. The Morgan fingerprint density at radius 2 is 2.00 bits per heavy atom. The molecular weight excluding hydrogens is 388 g/mol. The summed E-state index contributed by atoms with van der Waals surface area (Å²) in [7, 11) is 1.88. The SMILES string of the molecule is Cn1ccnc1C(CC(=O)O)c1ccc(OCc2ccc3c(c2)C(C)(C)CCC3)cc1. The van der Waals surface area contributed by atoms with E-state index in [2.05, 4.69) is 37.0 Å². The van der Waals surface area contributed by atoms with E-state index >= 15 is 0 Å². The molecule has 31 heavy (non-hydrogen) atoms. The number of fused-ring (bicyclic) bond motifs is 1. The lowest BCUT2D eigenvalue weighted by Gasteiger charge is -2.33. The minimum Gasteiger partial charge on any atom is -0.489 e. The maximum atomic E-state index is 11.4. The lowest BCUT2D eigenvalue weighted by Crippen LogP contribution is -2.24. The Labute approximate surface area is 183 Å². The summed E-state index contributed by atoms with van der Waals surface area (Å²) in [5, 5.41) is 9.36. The van der Waals surface area contributed by atoms with E-state index in [0.29, 0.717) is 6.61 Å². The highest BCUT2D eigenvalue weighted by molar-refractivity contribution is 5.68. The van der Waals surface area contributed by atoms with Crippen molar-refractivity contribution < 1.29 is 14.6 Å². The molecule has 1 aliphatic carbocycles.